The van der Waals surface area contributed by atoms with Gasteiger partial charge in [0.1, 0.15) is 6.10 Å². The predicted molar refractivity (Wildman–Crippen MR) is 91.8 cm³/mol. The number of thioether (sulfide) groups is 1. The molecule has 126 valence electrons. The predicted octanol–water partition coefficient (Wildman–Crippen LogP) is 3.87. The second-order valence-electron chi connectivity index (χ2n) is 6.42. The number of hydrogen-bond acceptors (Lipinski definition) is 4. The Kier molecular flexibility index (Phi) is 5.05. The van der Waals surface area contributed by atoms with Crippen molar-refractivity contribution >= 4 is 17.7 Å². The first kappa shape index (κ1) is 16.5. The van der Waals surface area contributed by atoms with Gasteiger partial charge in [-0.1, -0.05) is 18.9 Å². The number of benzene rings is 1. The SMILES string of the molecule is COc1cc(C2(C(=O)O)CCCC2)ccc1OC1CCCSC1. The molecular weight excluding hydrogens is 312 g/mol. The molecular formula is C18H24O4S. The summed E-state index contributed by atoms with van der Waals surface area (Å²) in [5.74, 6) is 2.85. The number of carbonyl (C=O) groups is 1. The van der Waals surface area contributed by atoms with Crippen LogP contribution in [0.2, 0.25) is 0 Å². The Morgan fingerprint density at radius 2 is 2.04 bits per heavy atom. The van der Waals surface area contributed by atoms with E-state index in [4.69, 9.17) is 9.47 Å². The highest BCUT2D eigenvalue weighted by atomic mass is 32.2. The second-order valence-corrected chi connectivity index (χ2v) is 7.57. The summed E-state index contributed by atoms with van der Waals surface area (Å²) in [5.41, 5.74) is 0.0803. The van der Waals surface area contributed by atoms with Gasteiger partial charge in [0.2, 0.25) is 0 Å². The molecule has 0 amide bonds. The van der Waals surface area contributed by atoms with Gasteiger partial charge in [0, 0.05) is 5.75 Å². The van der Waals surface area contributed by atoms with E-state index >= 15 is 0 Å². The molecule has 1 aliphatic carbocycles. The van der Waals surface area contributed by atoms with Crippen LogP contribution in [0.3, 0.4) is 0 Å². The maximum Gasteiger partial charge on any atom is 0.314 e. The summed E-state index contributed by atoms with van der Waals surface area (Å²) in [7, 11) is 1.61. The molecule has 23 heavy (non-hydrogen) atoms. The molecule has 1 saturated heterocycles. The number of aliphatic carboxylic acids is 1. The Bertz CT molecular complexity index is 560. The average molecular weight is 336 g/mol. The van der Waals surface area contributed by atoms with Crippen LogP contribution in [0, 0.1) is 0 Å². The molecule has 5 heteroatoms. The van der Waals surface area contributed by atoms with E-state index in [0.29, 0.717) is 18.6 Å². The third kappa shape index (κ3) is 3.30. The van der Waals surface area contributed by atoms with Gasteiger partial charge in [0.15, 0.2) is 11.5 Å². The molecule has 1 saturated carbocycles. The summed E-state index contributed by atoms with van der Waals surface area (Å²) in [6.45, 7) is 0. The molecule has 1 unspecified atom stereocenters. The Morgan fingerprint density at radius 1 is 1.26 bits per heavy atom. The van der Waals surface area contributed by atoms with Gasteiger partial charge in [-0.15, -0.1) is 0 Å². The number of ether oxygens (including phenoxy) is 2. The van der Waals surface area contributed by atoms with Crippen LogP contribution < -0.4 is 9.47 Å². The summed E-state index contributed by atoms with van der Waals surface area (Å²) in [6.07, 6.45) is 5.79. The number of methoxy groups -OCH3 is 1. The minimum atomic E-state index is -0.757. The Labute approximate surface area is 141 Å². The molecule has 2 aliphatic rings. The lowest BCUT2D eigenvalue weighted by Gasteiger charge is -2.27. The first-order valence-corrected chi connectivity index (χ1v) is 9.47. The minimum Gasteiger partial charge on any atom is -0.493 e. The van der Waals surface area contributed by atoms with Crippen LogP contribution in [-0.2, 0) is 10.2 Å². The zero-order chi connectivity index (χ0) is 16.3. The molecule has 2 fully saturated rings. The topological polar surface area (TPSA) is 55.8 Å². The smallest absolute Gasteiger partial charge is 0.314 e. The van der Waals surface area contributed by atoms with Gasteiger partial charge in [0.05, 0.1) is 12.5 Å². The molecule has 1 aliphatic heterocycles. The standard InChI is InChI=1S/C18H24O4S/c1-21-16-11-13(18(17(19)20)8-2-3-9-18)6-7-15(16)22-14-5-4-10-23-12-14/h6-7,11,14H,2-5,8-10,12H2,1H3,(H,19,20). The fraction of sp³-hybridized carbons (Fsp3) is 0.611. The van der Waals surface area contributed by atoms with Crippen LogP contribution in [-0.4, -0.2) is 35.8 Å². The minimum absolute atomic E-state index is 0.216. The average Bonchev–Trinajstić information content (AvgIpc) is 3.07. The first-order chi connectivity index (χ1) is 11.2. The molecule has 3 rings (SSSR count). The number of rotatable bonds is 5. The largest absolute Gasteiger partial charge is 0.493 e. The van der Waals surface area contributed by atoms with Crippen molar-refractivity contribution in [3.8, 4) is 11.5 Å². The van der Waals surface area contributed by atoms with Crippen molar-refractivity contribution in [1.82, 2.24) is 0 Å². The van der Waals surface area contributed by atoms with Crippen LogP contribution in [0.1, 0.15) is 44.1 Å². The van der Waals surface area contributed by atoms with E-state index in [0.717, 1.165) is 36.3 Å². The number of carboxylic acids is 1. The van der Waals surface area contributed by atoms with E-state index in [1.165, 1.54) is 12.2 Å². The Balaban J connectivity index is 1.85. The summed E-state index contributed by atoms with van der Waals surface area (Å²) in [5, 5.41) is 9.74. The van der Waals surface area contributed by atoms with Gasteiger partial charge in [-0.25, -0.2) is 0 Å². The van der Waals surface area contributed by atoms with Crippen molar-refractivity contribution in [3.63, 3.8) is 0 Å². The second kappa shape index (κ2) is 7.04. The van der Waals surface area contributed by atoms with Crippen molar-refractivity contribution in [1.29, 1.82) is 0 Å². The highest BCUT2D eigenvalue weighted by Gasteiger charge is 2.43. The maximum absolute atomic E-state index is 11.9. The molecule has 1 N–H and O–H groups in total. The fourth-order valence-electron chi connectivity index (χ4n) is 3.65. The van der Waals surface area contributed by atoms with E-state index in [1.54, 1.807) is 7.11 Å². The summed E-state index contributed by atoms with van der Waals surface area (Å²) < 4.78 is 11.6. The molecule has 0 aromatic heterocycles. The zero-order valence-corrected chi connectivity index (χ0v) is 14.4. The molecule has 0 radical (unpaired) electrons. The molecule has 4 nitrogen and oxygen atoms in total. The van der Waals surface area contributed by atoms with Crippen molar-refractivity contribution in [2.45, 2.75) is 50.0 Å². The van der Waals surface area contributed by atoms with E-state index in [-0.39, 0.29) is 6.10 Å². The van der Waals surface area contributed by atoms with Gasteiger partial charge < -0.3 is 14.6 Å². The molecule has 0 bridgehead atoms. The molecule has 1 aromatic carbocycles. The van der Waals surface area contributed by atoms with Crippen LogP contribution in [0.5, 0.6) is 11.5 Å². The summed E-state index contributed by atoms with van der Waals surface area (Å²) >= 11 is 1.92. The van der Waals surface area contributed by atoms with E-state index < -0.39 is 11.4 Å². The van der Waals surface area contributed by atoms with Crippen molar-refractivity contribution in [2.75, 3.05) is 18.6 Å². The third-order valence-corrected chi connectivity index (χ3v) is 6.18. The van der Waals surface area contributed by atoms with Crippen LogP contribution in [0.25, 0.3) is 0 Å². The van der Waals surface area contributed by atoms with E-state index in [1.807, 2.05) is 30.0 Å². The lowest BCUT2D eigenvalue weighted by molar-refractivity contribution is -0.143. The monoisotopic (exact) mass is 336 g/mol. The van der Waals surface area contributed by atoms with Gasteiger partial charge >= 0.3 is 5.97 Å². The van der Waals surface area contributed by atoms with Crippen LogP contribution >= 0.6 is 11.8 Å². The van der Waals surface area contributed by atoms with Crippen molar-refractivity contribution in [3.05, 3.63) is 23.8 Å². The van der Waals surface area contributed by atoms with Crippen molar-refractivity contribution < 1.29 is 19.4 Å². The zero-order valence-electron chi connectivity index (χ0n) is 13.5. The Morgan fingerprint density at radius 3 is 2.65 bits per heavy atom. The van der Waals surface area contributed by atoms with Gasteiger partial charge in [0.25, 0.3) is 0 Å². The number of carboxylic acid groups (broad SMARTS) is 1. The lowest BCUT2D eigenvalue weighted by Crippen LogP contribution is -2.32. The quantitative estimate of drug-likeness (QED) is 0.885. The first-order valence-electron chi connectivity index (χ1n) is 8.32. The fourth-order valence-corrected chi connectivity index (χ4v) is 4.69. The van der Waals surface area contributed by atoms with Gasteiger partial charge in [-0.2, -0.15) is 11.8 Å². The van der Waals surface area contributed by atoms with E-state index in [9.17, 15) is 9.90 Å². The molecule has 1 atom stereocenters. The third-order valence-electron chi connectivity index (χ3n) is 4.99. The lowest BCUT2D eigenvalue weighted by atomic mass is 9.79. The normalized spacial score (nSPS) is 23.4. The highest BCUT2D eigenvalue weighted by Crippen LogP contribution is 2.44. The summed E-state index contributed by atoms with van der Waals surface area (Å²) in [4.78, 5) is 11.9. The van der Waals surface area contributed by atoms with Crippen molar-refractivity contribution in [2.24, 2.45) is 0 Å². The highest BCUT2D eigenvalue weighted by molar-refractivity contribution is 7.99. The summed E-state index contributed by atoms with van der Waals surface area (Å²) in [6, 6.07) is 5.66. The van der Waals surface area contributed by atoms with Crippen LogP contribution in [0.4, 0.5) is 0 Å². The van der Waals surface area contributed by atoms with Gasteiger partial charge in [-0.05, 0) is 49.1 Å². The molecule has 1 aromatic rings. The van der Waals surface area contributed by atoms with Crippen LogP contribution in [0.15, 0.2) is 18.2 Å². The Hall–Kier alpha value is -1.36. The van der Waals surface area contributed by atoms with Gasteiger partial charge in [-0.3, -0.25) is 4.79 Å². The van der Waals surface area contributed by atoms with E-state index in [2.05, 4.69) is 0 Å². The number of hydrogen-bond donors (Lipinski definition) is 1. The molecule has 0 spiro atoms. The molecule has 1 heterocycles. The maximum atomic E-state index is 11.9.